The van der Waals surface area contributed by atoms with Crippen LogP contribution in [0, 0.1) is 26.2 Å². The summed E-state index contributed by atoms with van der Waals surface area (Å²) in [5, 5.41) is 12.7. The van der Waals surface area contributed by atoms with Crippen LogP contribution >= 0.6 is 0 Å². The molecule has 8 heteroatoms. The molecule has 0 aliphatic heterocycles. The minimum atomic E-state index is -3.71. The van der Waals surface area contributed by atoms with E-state index in [1.807, 2.05) is 0 Å². The number of carbonyl (C=O) groups is 1. The summed E-state index contributed by atoms with van der Waals surface area (Å²) in [5.74, 6) is 1.34. The highest BCUT2D eigenvalue weighted by molar-refractivity contribution is 7.89. The Morgan fingerprint density at radius 3 is 2.70 bits per heavy atom. The van der Waals surface area contributed by atoms with Gasteiger partial charge in [0, 0.05) is 13.0 Å². The summed E-state index contributed by atoms with van der Waals surface area (Å²) in [6, 6.07) is 0. The first-order chi connectivity index (χ1) is 9.29. The maximum absolute atomic E-state index is 12.2. The lowest BCUT2D eigenvalue weighted by atomic mass is 10.3. The molecule has 1 rings (SSSR count). The van der Waals surface area contributed by atoms with Crippen molar-refractivity contribution in [2.45, 2.75) is 38.1 Å². The summed E-state index contributed by atoms with van der Waals surface area (Å²) in [4.78, 5) is 10.7. The van der Waals surface area contributed by atoms with Gasteiger partial charge < -0.3 is 5.11 Å². The molecular formula is C12H17N3O4S. The van der Waals surface area contributed by atoms with Crippen molar-refractivity contribution >= 4 is 16.0 Å². The number of aromatic nitrogens is 2. The molecule has 1 aromatic heterocycles. The largest absolute Gasteiger partial charge is 0.480 e. The third-order valence-corrected chi connectivity index (χ3v) is 4.37. The Hall–Kier alpha value is -1.85. The Labute approximate surface area is 118 Å². The number of sulfonamides is 1. The lowest BCUT2D eigenvalue weighted by Crippen LogP contribution is -2.26. The highest BCUT2D eigenvalue weighted by Crippen LogP contribution is 2.19. The van der Waals surface area contributed by atoms with Crippen LogP contribution < -0.4 is 4.72 Å². The molecule has 0 amide bonds. The van der Waals surface area contributed by atoms with Crippen molar-refractivity contribution in [2.75, 3.05) is 6.54 Å². The van der Waals surface area contributed by atoms with Crippen molar-refractivity contribution in [1.82, 2.24) is 14.5 Å². The van der Waals surface area contributed by atoms with Gasteiger partial charge in [-0.2, -0.15) is 5.10 Å². The molecule has 2 N–H and O–H groups in total. The van der Waals surface area contributed by atoms with Gasteiger partial charge in [-0.1, -0.05) is 0 Å². The lowest BCUT2D eigenvalue weighted by Gasteiger charge is -2.06. The molecule has 0 saturated carbocycles. The predicted molar refractivity (Wildman–Crippen MR) is 72.6 cm³/mol. The number of nitrogens with one attached hydrogen (secondary N) is 1. The number of unbranched alkanes of at least 4 members (excludes halogenated alkanes) is 1. The third-order valence-electron chi connectivity index (χ3n) is 2.66. The average Bonchev–Trinajstić information content (AvgIpc) is 2.60. The first kappa shape index (κ1) is 16.2. The molecule has 110 valence electrons. The minimum Gasteiger partial charge on any atom is -0.480 e. The van der Waals surface area contributed by atoms with Gasteiger partial charge in [0.2, 0.25) is 10.0 Å². The highest BCUT2D eigenvalue weighted by Gasteiger charge is 2.24. The zero-order valence-corrected chi connectivity index (χ0v) is 12.2. The van der Waals surface area contributed by atoms with Crippen molar-refractivity contribution in [3.8, 4) is 12.3 Å². The molecule has 1 heterocycles. The Morgan fingerprint density at radius 2 is 2.15 bits per heavy atom. The number of terminal acetylenes is 1. The number of nitrogens with zero attached hydrogens (tertiary/aromatic N) is 2. The van der Waals surface area contributed by atoms with Crippen LogP contribution in [0.25, 0.3) is 0 Å². The summed E-state index contributed by atoms with van der Waals surface area (Å²) in [7, 11) is -3.71. The normalized spacial score (nSPS) is 11.2. The average molecular weight is 299 g/mol. The molecule has 1 aromatic rings. The topological polar surface area (TPSA) is 101 Å². The molecule has 0 aliphatic carbocycles. The summed E-state index contributed by atoms with van der Waals surface area (Å²) >= 11 is 0. The summed E-state index contributed by atoms with van der Waals surface area (Å²) in [6.07, 6.45) is 6.11. The maximum Gasteiger partial charge on any atom is 0.325 e. The molecule has 0 atom stereocenters. The van der Waals surface area contributed by atoms with Crippen LogP contribution in [0.15, 0.2) is 4.90 Å². The highest BCUT2D eigenvalue weighted by atomic mass is 32.2. The molecule has 20 heavy (non-hydrogen) atoms. The molecule has 0 saturated heterocycles. The van der Waals surface area contributed by atoms with Gasteiger partial charge in [-0.25, -0.2) is 13.1 Å². The van der Waals surface area contributed by atoms with E-state index in [0.29, 0.717) is 18.5 Å². The van der Waals surface area contributed by atoms with E-state index in [4.69, 9.17) is 11.5 Å². The smallest absolute Gasteiger partial charge is 0.325 e. The number of carboxylic acid groups (broad SMARTS) is 1. The zero-order chi connectivity index (χ0) is 15.3. The Kier molecular flexibility index (Phi) is 5.30. The molecular weight excluding hydrogens is 282 g/mol. The monoisotopic (exact) mass is 299 g/mol. The molecule has 0 radical (unpaired) electrons. The van der Waals surface area contributed by atoms with E-state index in [1.165, 1.54) is 13.8 Å². The van der Waals surface area contributed by atoms with E-state index >= 15 is 0 Å². The number of rotatable bonds is 7. The van der Waals surface area contributed by atoms with Crippen molar-refractivity contribution in [3.05, 3.63) is 11.4 Å². The Morgan fingerprint density at radius 1 is 1.50 bits per heavy atom. The first-order valence-corrected chi connectivity index (χ1v) is 7.47. The second kappa shape index (κ2) is 6.54. The van der Waals surface area contributed by atoms with Crippen molar-refractivity contribution in [1.29, 1.82) is 0 Å². The lowest BCUT2D eigenvalue weighted by molar-refractivity contribution is -0.137. The van der Waals surface area contributed by atoms with E-state index in [-0.39, 0.29) is 23.7 Å². The van der Waals surface area contributed by atoms with E-state index in [1.54, 1.807) is 0 Å². The van der Waals surface area contributed by atoms with Crippen molar-refractivity contribution in [2.24, 2.45) is 0 Å². The molecule has 0 aliphatic rings. The SMILES string of the molecule is C#CCCCNS(=O)(=O)c1c(C)nn(CC(=O)O)c1C. The summed E-state index contributed by atoms with van der Waals surface area (Å²) in [6.45, 7) is 2.91. The number of hydrogen-bond acceptors (Lipinski definition) is 4. The minimum absolute atomic E-state index is 0.0273. The van der Waals surface area contributed by atoms with Crippen LogP contribution in [0.2, 0.25) is 0 Å². The summed E-state index contributed by atoms with van der Waals surface area (Å²) in [5.41, 5.74) is 0.572. The quantitative estimate of drug-likeness (QED) is 0.556. The van der Waals surface area contributed by atoms with Crippen LogP contribution in [-0.4, -0.2) is 35.8 Å². The Balaban J connectivity index is 2.98. The van der Waals surface area contributed by atoms with Gasteiger partial charge in [0.15, 0.2) is 0 Å². The van der Waals surface area contributed by atoms with Gasteiger partial charge in [-0.05, 0) is 20.3 Å². The molecule has 0 unspecified atom stereocenters. The van der Waals surface area contributed by atoms with Gasteiger partial charge >= 0.3 is 5.97 Å². The number of aliphatic carboxylic acids is 1. The maximum atomic E-state index is 12.2. The first-order valence-electron chi connectivity index (χ1n) is 5.98. The van der Waals surface area contributed by atoms with Gasteiger partial charge in [-0.3, -0.25) is 9.48 Å². The molecule has 0 bridgehead atoms. The Bertz CT molecular complexity index is 640. The van der Waals surface area contributed by atoms with Gasteiger partial charge in [0.1, 0.15) is 11.4 Å². The van der Waals surface area contributed by atoms with Gasteiger partial charge in [0.25, 0.3) is 0 Å². The van der Waals surface area contributed by atoms with E-state index in [0.717, 1.165) is 4.68 Å². The van der Waals surface area contributed by atoms with Crippen molar-refractivity contribution in [3.63, 3.8) is 0 Å². The fourth-order valence-corrected chi connectivity index (χ4v) is 3.30. The summed E-state index contributed by atoms with van der Waals surface area (Å²) < 4.78 is 27.9. The second-order valence-electron chi connectivity index (χ2n) is 4.26. The predicted octanol–water partition coefficient (Wildman–Crippen LogP) is 0.276. The van der Waals surface area contributed by atoms with Gasteiger partial charge in [-0.15, -0.1) is 12.3 Å². The molecule has 7 nitrogen and oxygen atoms in total. The van der Waals surface area contributed by atoms with Gasteiger partial charge in [0.05, 0.1) is 11.4 Å². The van der Waals surface area contributed by atoms with Crippen LogP contribution in [0.5, 0.6) is 0 Å². The van der Waals surface area contributed by atoms with Crippen molar-refractivity contribution < 1.29 is 18.3 Å². The second-order valence-corrected chi connectivity index (χ2v) is 5.96. The van der Waals surface area contributed by atoms with Crippen LogP contribution in [-0.2, 0) is 21.4 Å². The standard InChI is InChI=1S/C12H17N3O4S/c1-4-5-6-7-13-20(18,19)12-9(2)14-15(10(12)3)8-11(16)17/h1,13H,5-8H2,2-3H3,(H,16,17). The number of hydrogen-bond donors (Lipinski definition) is 2. The fourth-order valence-electron chi connectivity index (χ4n) is 1.82. The van der Waals surface area contributed by atoms with Crippen LogP contribution in [0.3, 0.4) is 0 Å². The fraction of sp³-hybridized carbons (Fsp3) is 0.500. The number of carboxylic acids is 1. The molecule has 0 fully saturated rings. The zero-order valence-electron chi connectivity index (χ0n) is 11.4. The number of aryl methyl sites for hydroxylation is 1. The van der Waals surface area contributed by atoms with E-state index in [2.05, 4.69) is 15.7 Å². The van der Waals surface area contributed by atoms with E-state index in [9.17, 15) is 13.2 Å². The molecule has 0 spiro atoms. The van der Waals surface area contributed by atoms with Crippen LogP contribution in [0.1, 0.15) is 24.2 Å². The third kappa shape index (κ3) is 3.82. The molecule has 0 aromatic carbocycles. The van der Waals surface area contributed by atoms with E-state index < -0.39 is 16.0 Å². The van der Waals surface area contributed by atoms with Crippen LogP contribution in [0.4, 0.5) is 0 Å².